The Bertz CT molecular complexity index is 151. The standard InChI is InChI=1S/CH5ClN2O3S/c1-4(2)3-8(5,6)7/h3H,1H3,(H,5,6,7). The van der Waals surface area contributed by atoms with Gasteiger partial charge in [0.1, 0.15) is 0 Å². The molecule has 50 valence electrons. The van der Waals surface area contributed by atoms with Crippen LogP contribution in [0.1, 0.15) is 0 Å². The highest BCUT2D eigenvalue weighted by atomic mass is 35.5. The SMILES string of the molecule is CN(Cl)NS(=O)(=O)O. The van der Waals surface area contributed by atoms with E-state index in [0.717, 1.165) is 0 Å². The molecule has 0 aliphatic rings. The Hall–Kier alpha value is 0.120. The number of nitrogens with zero attached hydrogens (tertiary/aromatic N) is 1. The van der Waals surface area contributed by atoms with E-state index in [4.69, 9.17) is 16.3 Å². The van der Waals surface area contributed by atoms with Crippen LogP contribution in [0.15, 0.2) is 0 Å². The maximum atomic E-state index is 9.76. The van der Waals surface area contributed by atoms with Crippen molar-refractivity contribution in [1.82, 2.24) is 9.36 Å². The predicted octanol–water partition coefficient (Wildman–Crippen LogP) is -0.621. The van der Waals surface area contributed by atoms with E-state index in [1.54, 1.807) is 0 Å². The van der Waals surface area contributed by atoms with Gasteiger partial charge in [0, 0.05) is 7.05 Å². The van der Waals surface area contributed by atoms with Crippen molar-refractivity contribution in [3.63, 3.8) is 0 Å². The zero-order chi connectivity index (χ0) is 6.78. The maximum Gasteiger partial charge on any atom is 0.347 e. The van der Waals surface area contributed by atoms with Crippen molar-refractivity contribution in [1.29, 1.82) is 0 Å². The molecule has 5 nitrogen and oxygen atoms in total. The predicted molar refractivity (Wildman–Crippen MR) is 28.3 cm³/mol. The fourth-order valence-corrected chi connectivity index (χ4v) is 0.739. The van der Waals surface area contributed by atoms with E-state index >= 15 is 0 Å². The number of rotatable bonds is 2. The first-order valence-electron chi connectivity index (χ1n) is 1.56. The van der Waals surface area contributed by atoms with Crippen molar-refractivity contribution in [2.45, 2.75) is 0 Å². The number of hydrogen-bond acceptors (Lipinski definition) is 3. The molecule has 0 heterocycles. The average Bonchev–Trinajstić information content (AvgIpc) is 1.21. The number of hydrazine groups is 1. The molecular weight excluding hydrogens is 156 g/mol. The summed E-state index contributed by atoms with van der Waals surface area (Å²) in [6.07, 6.45) is 0. The molecule has 0 spiro atoms. The van der Waals surface area contributed by atoms with E-state index in [1.165, 1.54) is 11.9 Å². The number of hydrogen-bond donors (Lipinski definition) is 2. The van der Waals surface area contributed by atoms with Gasteiger partial charge < -0.3 is 0 Å². The van der Waals surface area contributed by atoms with E-state index in [1.807, 2.05) is 0 Å². The Morgan fingerprint density at radius 3 is 2.12 bits per heavy atom. The van der Waals surface area contributed by atoms with Gasteiger partial charge in [0.15, 0.2) is 0 Å². The third-order valence-corrected chi connectivity index (χ3v) is 0.930. The largest absolute Gasteiger partial charge is 0.347 e. The second kappa shape index (κ2) is 2.60. The summed E-state index contributed by atoms with van der Waals surface area (Å²) in [6, 6.07) is 0. The molecule has 0 amide bonds. The van der Waals surface area contributed by atoms with Crippen LogP contribution in [0.5, 0.6) is 0 Å². The van der Waals surface area contributed by atoms with Crippen molar-refractivity contribution in [3.8, 4) is 0 Å². The van der Waals surface area contributed by atoms with Gasteiger partial charge in [0.2, 0.25) is 0 Å². The molecule has 0 bridgehead atoms. The molecule has 0 saturated heterocycles. The normalized spacial score (nSPS) is 12.5. The number of halogens is 1. The molecule has 7 heteroatoms. The van der Waals surface area contributed by atoms with Crippen LogP contribution in [-0.2, 0) is 10.3 Å². The quantitative estimate of drug-likeness (QED) is 0.321. The van der Waals surface area contributed by atoms with Crippen molar-refractivity contribution in [2.24, 2.45) is 0 Å². The maximum absolute atomic E-state index is 9.76. The van der Waals surface area contributed by atoms with Crippen molar-refractivity contribution < 1.29 is 13.0 Å². The summed E-state index contributed by atoms with van der Waals surface area (Å²) in [6.45, 7) is 0. The third kappa shape index (κ3) is 6.12. The van der Waals surface area contributed by atoms with Gasteiger partial charge in [0.05, 0.1) is 0 Å². The fraction of sp³-hybridized carbons (Fsp3) is 1.00. The van der Waals surface area contributed by atoms with Crippen LogP contribution in [0.3, 0.4) is 0 Å². The minimum Gasteiger partial charge on any atom is -0.273 e. The highest BCUT2D eigenvalue weighted by Crippen LogP contribution is 1.81. The molecule has 0 unspecified atom stereocenters. The summed E-state index contributed by atoms with van der Waals surface area (Å²) in [5, 5.41) is 0. The van der Waals surface area contributed by atoms with Crippen LogP contribution in [0.25, 0.3) is 0 Å². The molecule has 0 aliphatic carbocycles. The van der Waals surface area contributed by atoms with Gasteiger partial charge in [-0.1, -0.05) is 0 Å². The van der Waals surface area contributed by atoms with Crippen LogP contribution in [0, 0.1) is 0 Å². The van der Waals surface area contributed by atoms with Crippen LogP contribution >= 0.6 is 11.8 Å². The van der Waals surface area contributed by atoms with E-state index in [-0.39, 0.29) is 0 Å². The van der Waals surface area contributed by atoms with Crippen LogP contribution in [0.2, 0.25) is 0 Å². The third-order valence-electron chi connectivity index (χ3n) is 0.241. The lowest BCUT2D eigenvalue weighted by atomic mass is 11.5. The van der Waals surface area contributed by atoms with Gasteiger partial charge in [-0.05, 0) is 11.8 Å². The van der Waals surface area contributed by atoms with Gasteiger partial charge in [-0.3, -0.25) is 4.55 Å². The van der Waals surface area contributed by atoms with Crippen molar-refractivity contribution in [3.05, 3.63) is 0 Å². The molecule has 0 atom stereocenters. The summed E-state index contributed by atoms with van der Waals surface area (Å²) in [7, 11) is -2.96. The summed E-state index contributed by atoms with van der Waals surface area (Å²) in [5.41, 5.74) is 0. The van der Waals surface area contributed by atoms with Crippen LogP contribution in [0.4, 0.5) is 0 Å². The van der Waals surface area contributed by atoms with Gasteiger partial charge >= 0.3 is 10.3 Å². The highest BCUT2D eigenvalue weighted by Gasteiger charge is 2.02. The van der Waals surface area contributed by atoms with Crippen LogP contribution in [-0.4, -0.2) is 24.5 Å². The molecule has 0 saturated carbocycles. The molecule has 0 aliphatic heterocycles. The Labute approximate surface area is 52.2 Å². The molecule has 0 aromatic carbocycles. The van der Waals surface area contributed by atoms with E-state index < -0.39 is 10.3 Å². The molecule has 0 rings (SSSR count). The van der Waals surface area contributed by atoms with Gasteiger partial charge in [-0.25, -0.2) is 0 Å². The minimum atomic E-state index is -4.18. The molecule has 0 aromatic heterocycles. The number of nitrogens with one attached hydrogen (secondary N) is 1. The van der Waals surface area contributed by atoms with E-state index in [2.05, 4.69) is 0 Å². The Morgan fingerprint density at radius 2 is 2.12 bits per heavy atom. The lowest BCUT2D eigenvalue weighted by Crippen LogP contribution is -2.31. The highest BCUT2D eigenvalue weighted by molar-refractivity contribution is 7.83. The zero-order valence-corrected chi connectivity index (χ0v) is 5.57. The summed E-state index contributed by atoms with van der Waals surface area (Å²) >= 11 is 4.95. The zero-order valence-electron chi connectivity index (χ0n) is 4.00. The lowest BCUT2D eigenvalue weighted by molar-refractivity contribution is 0.411. The van der Waals surface area contributed by atoms with Gasteiger partial charge in [-0.2, -0.15) is 8.42 Å². The first kappa shape index (κ1) is 8.12. The lowest BCUT2D eigenvalue weighted by Gasteiger charge is -2.02. The second-order valence-corrected chi connectivity index (χ2v) is 2.68. The summed E-state index contributed by atoms with van der Waals surface area (Å²) < 4.78 is 28.0. The Morgan fingerprint density at radius 1 is 1.75 bits per heavy atom. The molecule has 0 radical (unpaired) electrons. The first-order chi connectivity index (χ1) is 3.42. The second-order valence-electron chi connectivity index (χ2n) is 1.04. The van der Waals surface area contributed by atoms with E-state index in [9.17, 15) is 8.42 Å². The Balaban J connectivity index is 3.75. The molecule has 0 aromatic rings. The van der Waals surface area contributed by atoms with Crippen LogP contribution < -0.4 is 4.83 Å². The molecule has 8 heavy (non-hydrogen) atoms. The minimum absolute atomic E-state index is 0.593. The topological polar surface area (TPSA) is 69.6 Å². The molecule has 0 fully saturated rings. The summed E-state index contributed by atoms with van der Waals surface area (Å²) in [4.78, 5) is 1.51. The van der Waals surface area contributed by atoms with Gasteiger partial charge in [0.25, 0.3) is 0 Å². The smallest absolute Gasteiger partial charge is 0.273 e. The monoisotopic (exact) mass is 160 g/mol. The van der Waals surface area contributed by atoms with E-state index in [0.29, 0.717) is 4.53 Å². The Kier molecular flexibility index (Phi) is 2.64. The fourth-order valence-electron chi connectivity index (χ4n) is 0.159. The average molecular weight is 161 g/mol. The first-order valence-corrected chi connectivity index (χ1v) is 3.34. The molecule has 2 N–H and O–H groups in total. The van der Waals surface area contributed by atoms with Gasteiger partial charge in [-0.15, -0.1) is 9.36 Å². The molecular formula is CH5ClN2O3S. The van der Waals surface area contributed by atoms with Crippen molar-refractivity contribution in [2.75, 3.05) is 7.05 Å². The summed E-state index contributed by atoms with van der Waals surface area (Å²) in [5.74, 6) is 0. The van der Waals surface area contributed by atoms with Crippen molar-refractivity contribution >= 4 is 22.1 Å².